The Bertz CT molecular complexity index is 774. The maximum atomic E-state index is 13.2. The van der Waals surface area contributed by atoms with Crippen LogP contribution in [0.15, 0.2) is 24.3 Å². The molecule has 1 saturated carbocycles. The van der Waals surface area contributed by atoms with Gasteiger partial charge in [-0.25, -0.2) is 0 Å². The van der Waals surface area contributed by atoms with Crippen LogP contribution in [0.25, 0.3) is 5.69 Å². The van der Waals surface area contributed by atoms with Crippen molar-refractivity contribution in [2.45, 2.75) is 63.1 Å². The molecule has 1 aromatic heterocycles. The van der Waals surface area contributed by atoms with Gasteiger partial charge in [-0.15, -0.1) is 5.10 Å². The van der Waals surface area contributed by atoms with Crippen LogP contribution in [0.5, 0.6) is 0 Å². The highest BCUT2D eigenvalue weighted by Gasteiger charge is 2.44. The lowest BCUT2D eigenvalue weighted by Gasteiger charge is -2.47. The fourth-order valence-electron chi connectivity index (χ4n) is 4.61. The molecule has 1 aromatic carbocycles. The zero-order valence-corrected chi connectivity index (χ0v) is 15.3. The summed E-state index contributed by atoms with van der Waals surface area (Å²) in [6.45, 7) is 1.99. The molecule has 0 bridgehead atoms. The number of hydrogen-bond acceptors (Lipinski definition) is 4. The van der Waals surface area contributed by atoms with Gasteiger partial charge in [0.25, 0.3) is 0 Å². The highest BCUT2D eigenvalue weighted by atomic mass is 19.4. The maximum Gasteiger partial charge on any atom is 0.416 e. The lowest BCUT2D eigenvalue weighted by molar-refractivity contribution is -0.137. The molecule has 0 radical (unpaired) electrons. The minimum absolute atomic E-state index is 0.281. The smallest absolute Gasteiger partial charge is 0.291 e. The van der Waals surface area contributed by atoms with Crippen molar-refractivity contribution in [2.75, 3.05) is 13.1 Å². The number of tetrazole rings is 1. The molecule has 4 rings (SSSR count). The van der Waals surface area contributed by atoms with Crippen LogP contribution in [0.1, 0.15) is 62.8 Å². The fourth-order valence-corrected chi connectivity index (χ4v) is 4.61. The second kappa shape index (κ2) is 7.22. The molecule has 0 atom stereocenters. The number of nitrogens with zero attached hydrogens (tertiary/aromatic N) is 5. The van der Waals surface area contributed by atoms with Crippen molar-refractivity contribution in [3.8, 4) is 5.69 Å². The third-order valence-corrected chi connectivity index (χ3v) is 5.95. The standard InChI is InChI=1S/C19H24F3N5/c20-19(21,22)15-8-7-9-16(14-15)27-17(23-24-25-27)18(10-3-1-4-11-18)26-12-5-2-6-13-26/h7-9,14H,1-6,10-13H2. The van der Waals surface area contributed by atoms with Gasteiger partial charge in [-0.3, -0.25) is 4.90 Å². The second-order valence-corrected chi connectivity index (χ2v) is 7.60. The largest absolute Gasteiger partial charge is 0.416 e. The van der Waals surface area contributed by atoms with Crippen LogP contribution in [0.3, 0.4) is 0 Å². The average molecular weight is 379 g/mol. The SMILES string of the molecule is FC(F)(F)c1cccc(-n2nnnc2C2(N3CCCCC3)CCCCC2)c1. The van der Waals surface area contributed by atoms with E-state index in [0.717, 1.165) is 63.7 Å². The minimum Gasteiger partial charge on any atom is -0.291 e. The molecule has 1 aliphatic carbocycles. The first-order valence-electron chi connectivity index (χ1n) is 9.72. The quantitative estimate of drug-likeness (QED) is 0.797. The summed E-state index contributed by atoms with van der Waals surface area (Å²) in [6, 6.07) is 5.26. The van der Waals surface area contributed by atoms with Crippen molar-refractivity contribution in [1.82, 2.24) is 25.1 Å². The summed E-state index contributed by atoms with van der Waals surface area (Å²) in [6.07, 6.45) is 4.39. The van der Waals surface area contributed by atoms with Crippen molar-refractivity contribution in [2.24, 2.45) is 0 Å². The predicted molar refractivity (Wildman–Crippen MR) is 94.3 cm³/mol. The van der Waals surface area contributed by atoms with E-state index in [-0.39, 0.29) is 5.54 Å². The summed E-state index contributed by atoms with van der Waals surface area (Å²) in [5.41, 5.74) is -0.597. The third-order valence-electron chi connectivity index (χ3n) is 5.95. The van der Waals surface area contributed by atoms with E-state index in [9.17, 15) is 13.2 Å². The highest BCUT2D eigenvalue weighted by molar-refractivity contribution is 5.37. The molecule has 146 valence electrons. The molecule has 0 amide bonds. The van der Waals surface area contributed by atoms with Gasteiger partial charge in [-0.2, -0.15) is 17.9 Å². The molecule has 0 N–H and O–H groups in total. The first-order valence-corrected chi connectivity index (χ1v) is 9.72. The van der Waals surface area contributed by atoms with Gasteiger partial charge >= 0.3 is 6.18 Å². The third kappa shape index (κ3) is 3.47. The first-order chi connectivity index (χ1) is 13.0. The Morgan fingerprint density at radius 1 is 0.926 bits per heavy atom. The Balaban J connectivity index is 1.77. The number of rotatable bonds is 3. The lowest BCUT2D eigenvalue weighted by atomic mass is 9.78. The molecule has 1 saturated heterocycles. The Morgan fingerprint density at radius 3 is 2.33 bits per heavy atom. The summed E-state index contributed by atoms with van der Waals surface area (Å²) in [5, 5.41) is 12.3. The Morgan fingerprint density at radius 2 is 1.63 bits per heavy atom. The van der Waals surface area contributed by atoms with Gasteiger partial charge in [0.05, 0.1) is 16.8 Å². The number of benzene rings is 1. The molecule has 0 unspecified atom stereocenters. The lowest BCUT2D eigenvalue weighted by Crippen LogP contribution is -2.51. The molecule has 2 heterocycles. The normalized spacial score (nSPS) is 21.3. The summed E-state index contributed by atoms with van der Waals surface area (Å²) < 4.78 is 41.0. The molecule has 2 fully saturated rings. The van der Waals surface area contributed by atoms with Gasteiger partial charge in [-0.05, 0) is 67.4 Å². The predicted octanol–water partition coefficient (Wildman–Crippen LogP) is 4.33. The van der Waals surface area contributed by atoms with E-state index in [0.29, 0.717) is 11.5 Å². The number of aromatic nitrogens is 4. The Labute approximate surface area is 156 Å². The number of alkyl halides is 3. The monoisotopic (exact) mass is 379 g/mol. The van der Waals surface area contributed by atoms with Gasteiger partial charge in [0.1, 0.15) is 0 Å². The first kappa shape index (κ1) is 18.4. The number of halogens is 3. The van der Waals surface area contributed by atoms with Crippen molar-refractivity contribution < 1.29 is 13.2 Å². The molecular weight excluding hydrogens is 355 g/mol. The highest BCUT2D eigenvalue weighted by Crippen LogP contribution is 2.43. The van der Waals surface area contributed by atoms with Crippen LogP contribution in [0.4, 0.5) is 13.2 Å². The van der Waals surface area contributed by atoms with Crippen molar-refractivity contribution in [3.05, 3.63) is 35.7 Å². The topological polar surface area (TPSA) is 46.8 Å². The average Bonchev–Trinajstić information content (AvgIpc) is 3.19. The van der Waals surface area contributed by atoms with Gasteiger partial charge in [0.2, 0.25) is 0 Å². The number of piperidine rings is 1. The number of likely N-dealkylation sites (tertiary alicyclic amines) is 1. The van der Waals surface area contributed by atoms with E-state index in [4.69, 9.17) is 0 Å². The van der Waals surface area contributed by atoms with Crippen LogP contribution in [-0.4, -0.2) is 38.2 Å². The Hall–Kier alpha value is -1.96. The van der Waals surface area contributed by atoms with Gasteiger partial charge in [0.15, 0.2) is 5.82 Å². The zero-order valence-electron chi connectivity index (χ0n) is 15.3. The molecule has 2 aromatic rings. The summed E-state index contributed by atoms with van der Waals surface area (Å²) in [5.74, 6) is 0.684. The molecular formula is C19H24F3N5. The van der Waals surface area contributed by atoms with Gasteiger partial charge in [-0.1, -0.05) is 31.7 Å². The Kier molecular flexibility index (Phi) is 4.92. The van der Waals surface area contributed by atoms with Crippen LogP contribution >= 0.6 is 0 Å². The van der Waals surface area contributed by atoms with Crippen LogP contribution in [-0.2, 0) is 11.7 Å². The van der Waals surface area contributed by atoms with Crippen LogP contribution < -0.4 is 0 Å². The summed E-state index contributed by atoms with van der Waals surface area (Å²) in [7, 11) is 0. The van der Waals surface area contributed by atoms with E-state index < -0.39 is 11.7 Å². The molecule has 2 aliphatic rings. The molecule has 1 aliphatic heterocycles. The summed E-state index contributed by atoms with van der Waals surface area (Å²) in [4.78, 5) is 2.48. The maximum absolute atomic E-state index is 13.2. The summed E-state index contributed by atoms with van der Waals surface area (Å²) >= 11 is 0. The fraction of sp³-hybridized carbons (Fsp3) is 0.632. The molecule has 5 nitrogen and oxygen atoms in total. The van der Waals surface area contributed by atoms with E-state index in [1.54, 1.807) is 6.07 Å². The zero-order chi connectivity index (χ0) is 18.9. The van der Waals surface area contributed by atoms with E-state index in [2.05, 4.69) is 20.4 Å². The van der Waals surface area contributed by atoms with Crippen LogP contribution in [0, 0.1) is 0 Å². The molecule has 8 heteroatoms. The van der Waals surface area contributed by atoms with Crippen molar-refractivity contribution in [1.29, 1.82) is 0 Å². The van der Waals surface area contributed by atoms with Gasteiger partial charge < -0.3 is 0 Å². The van der Waals surface area contributed by atoms with E-state index in [1.165, 1.54) is 23.6 Å². The van der Waals surface area contributed by atoms with Crippen molar-refractivity contribution >= 4 is 0 Å². The van der Waals surface area contributed by atoms with E-state index in [1.807, 2.05) is 0 Å². The van der Waals surface area contributed by atoms with Gasteiger partial charge in [0, 0.05) is 0 Å². The second-order valence-electron chi connectivity index (χ2n) is 7.60. The van der Waals surface area contributed by atoms with Crippen LogP contribution in [0.2, 0.25) is 0 Å². The molecule has 27 heavy (non-hydrogen) atoms. The molecule has 0 spiro atoms. The number of hydrogen-bond donors (Lipinski definition) is 0. The van der Waals surface area contributed by atoms with Crippen molar-refractivity contribution in [3.63, 3.8) is 0 Å². The minimum atomic E-state index is -4.39. The van der Waals surface area contributed by atoms with E-state index >= 15 is 0 Å².